The first-order chi connectivity index (χ1) is 8.75. The summed E-state index contributed by atoms with van der Waals surface area (Å²) in [6.45, 7) is 0. The van der Waals surface area contributed by atoms with Crippen LogP contribution in [0.15, 0.2) is 36.8 Å². The van der Waals surface area contributed by atoms with Crippen LogP contribution in [0, 0.1) is 0 Å². The molecule has 2 heterocycles. The molecule has 96 valence electrons. The second kappa shape index (κ2) is 6.31. The van der Waals surface area contributed by atoms with Crippen molar-refractivity contribution in [1.82, 2.24) is 14.8 Å². The number of nitrogens with zero attached hydrogens (tertiary/aromatic N) is 3. The highest BCUT2D eigenvalue weighted by atomic mass is 16.3. The minimum absolute atomic E-state index is 0.264. The number of aryl methyl sites for hydroxylation is 3. The molecule has 0 aromatic carbocycles. The Hall–Kier alpha value is -1.68. The summed E-state index contributed by atoms with van der Waals surface area (Å²) in [5.74, 6) is 0. The van der Waals surface area contributed by atoms with E-state index < -0.39 is 0 Å². The maximum atomic E-state index is 9.95. The molecule has 1 atom stereocenters. The van der Waals surface area contributed by atoms with Gasteiger partial charge >= 0.3 is 0 Å². The van der Waals surface area contributed by atoms with Gasteiger partial charge in [-0.25, -0.2) is 0 Å². The Morgan fingerprint density at radius 2 is 2.06 bits per heavy atom. The molecule has 2 aromatic rings. The molecule has 0 aliphatic heterocycles. The van der Waals surface area contributed by atoms with Gasteiger partial charge in [0.05, 0.1) is 6.10 Å². The fourth-order valence-corrected chi connectivity index (χ4v) is 1.98. The lowest BCUT2D eigenvalue weighted by Gasteiger charge is -2.10. The van der Waals surface area contributed by atoms with E-state index >= 15 is 0 Å². The average molecular weight is 245 g/mol. The number of aliphatic hydroxyl groups is 1. The summed E-state index contributed by atoms with van der Waals surface area (Å²) in [6.07, 6.45) is 8.45. The van der Waals surface area contributed by atoms with Crippen molar-refractivity contribution in [2.45, 2.75) is 31.8 Å². The number of aromatic nitrogens is 3. The van der Waals surface area contributed by atoms with Crippen LogP contribution in [0.1, 0.15) is 24.1 Å². The van der Waals surface area contributed by atoms with Crippen LogP contribution in [0.3, 0.4) is 0 Å². The molecule has 18 heavy (non-hydrogen) atoms. The molecule has 0 spiro atoms. The van der Waals surface area contributed by atoms with Crippen molar-refractivity contribution in [2.24, 2.45) is 7.05 Å². The molecule has 4 heteroatoms. The van der Waals surface area contributed by atoms with Crippen molar-refractivity contribution in [1.29, 1.82) is 0 Å². The fourth-order valence-electron chi connectivity index (χ4n) is 1.98. The van der Waals surface area contributed by atoms with Crippen molar-refractivity contribution in [2.75, 3.05) is 0 Å². The summed E-state index contributed by atoms with van der Waals surface area (Å²) in [7, 11) is 1.93. The Morgan fingerprint density at radius 3 is 2.72 bits per heavy atom. The summed E-state index contributed by atoms with van der Waals surface area (Å²) in [5, 5.41) is 14.1. The fraction of sp³-hybridized carbons (Fsp3) is 0.429. The highest BCUT2D eigenvalue weighted by Gasteiger charge is 2.07. The van der Waals surface area contributed by atoms with Crippen molar-refractivity contribution >= 4 is 0 Å². The lowest BCUT2D eigenvalue weighted by molar-refractivity contribution is 0.154. The predicted molar refractivity (Wildman–Crippen MR) is 70.1 cm³/mol. The summed E-state index contributed by atoms with van der Waals surface area (Å²) >= 11 is 0. The second-order valence-corrected chi connectivity index (χ2v) is 4.54. The molecule has 1 N–H and O–H groups in total. The van der Waals surface area contributed by atoms with Crippen molar-refractivity contribution < 1.29 is 5.11 Å². The minimum Gasteiger partial charge on any atom is -0.393 e. The van der Waals surface area contributed by atoms with Gasteiger partial charge < -0.3 is 5.11 Å². The number of hydrogen-bond acceptors (Lipinski definition) is 3. The first-order valence-electron chi connectivity index (χ1n) is 6.29. The predicted octanol–water partition coefficient (Wildman–Crippen LogP) is 1.74. The molecule has 0 fully saturated rings. The molecule has 4 nitrogen and oxygen atoms in total. The third-order valence-corrected chi connectivity index (χ3v) is 3.15. The van der Waals surface area contributed by atoms with Crippen LogP contribution in [0.25, 0.3) is 0 Å². The van der Waals surface area contributed by atoms with Gasteiger partial charge in [0.15, 0.2) is 0 Å². The van der Waals surface area contributed by atoms with E-state index in [4.69, 9.17) is 0 Å². The number of aliphatic hydroxyl groups excluding tert-OH is 1. The van der Waals surface area contributed by atoms with Crippen LogP contribution < -0.4 is 0 Å². The summed E-state index contributed by atoms with van der Waals surface area (Å²) in [6, 6.07) is 5.96. The van der Waals surface area contributed by atoms with Crippen LogP contribution in [0.4, 0.5) is 0 Å². The largest absolute Gasteiger partial charge is 0.393 e. The Kier molecular flexibility index (Phi) is 4.47. The molecule has 2 rings (SSSR count). The van der Waals surface area contributed by atoms with Gasteiger partial charge in [-0.15, -0.1) is 0 Å². The van der Waals surface area contributed by atoms with Crippen LogP contribution in [0.5, 0.6) is 0 Å². The van der Waals surface area contributed by atoms with Crippen molar-refractivity contribution in [3.8, 4) is 0 Å². The molecule has 0 radical (unpaired) electrons. The molecule has 0 bridgehead atoms. The molecule has 0 saturated carbocycles. The third-order valence-electron chi connectivity index (χ3n) is 3.15. The van der Waals surface area contributed by atoms with Crippen LogP contribution in [0.2, 0.25) is 0 Å². The monoisotopic (exact) mass is 245 g/mol. The van der Waals surface area contributed by atoms with Crippen molar-refractivity contribution in [3.63, 3.8) is 0 Å². The summed E-state index contributed by atoms with van der Waals surface area (Å²) < 4.78 is 1.85. The quantitative estimate of drug-likeness (QED) is 0.843. The van der Waals surface area contributed by atoms with Gasteiger partial charge in [0.2, 0.25) is 0 Å². The van der Waals surface area contributed by atoms with E-state index in [0.29, 0.717) is 0 Å². The molecule has 0 saturated heterocycles. The lowest BCUT2D eigenvalue weighted by atomic mass is 10.0. The third kappa shape index (κ3) is 3.67. The maximum Gasteiger partial charge on any atom is 0.0547 e. The Morgan fingerprint density at radius 1 is 1.22 bits per heavy atom. The van der Waals surface area contributed by atoms with E-state index in [1.165, 1.54) is 5.56 Å². The van der Waals surface area contributed by atoms with Gasteiger partial charge in [-0.3, -0.25) is 9.67 Å². The van der Waals surface area contributed by atoms with E-state index in [1.54, 1.807) is 12.4 Å². The van der Waals surface area contributed by atoms with Crippen LogP contribution in [-0.4, -0.2) is 26.0 Å². The summed E-state index contributed by atoms with van der Waals surface area (Å²) in [5.41, 5.74) is 2.34. The Labute approximate surface area is 107 Å². The average Bonchev–Trinajstić information content (AvgIpc) is 2.81. The van der Waals surface area contributed by atoms with Gasteiger partial charge in [0.1, 0.15) is 0 Å². The van der Waals surface area contributed by atoms with Crippen molar-refractivity contribution in [3.05, 3.63) is 48.0 Å². The zero-order chi connectivity index (χ0) is 12.8. The Balaban J connectivity index is 1.73. The molecule has 0 aliphatic rings. The lowest BCUT2D eigenvalue weighted by Crippen LogP contribution is -2.11. The van der Waals surface area contributed by atoms with Gasteiger partial charge in [0.25, 0.3) is 0 Å². The second-order valence-electron chi connectivity index (χ2n) is 4.54. The molecule has 1 unspecified atom stereocenters. The molecule has 0 amide bonds. The number of pyridine rings is 1. The van der Waals surface area contributed by atoms with E-state index in [9.17, 15) is 5.11 Å². The smallest absolute Gasteiger partial charge is 0.0547 e. The first kappa shape index (κ1) is 12.8. The van der Waals surface area contributed by atoms with Gasteiger partial charge in [-0.1, -0.05) is 6.07 Å². The highest BCUT2D eigenvalue weighted by molar-refractivity contribution is 5.08. The van der Waals surface area contributed by atoms with E-state index in [2.05, 4.69) is 10.1 Å². The molecule has 2 aromatic heterocycles. The van der Waals surface area contributed by atoms with Crippen LogP contribution in [-0.2, 0) is 19.9 Å². The van der Waals surface area contributed by atoms with E-state index in [-0.39, 0.29) is 6.10 Å². The minimum atomic E-state index is -0.264. The van der Waals surface area contributed by atoms with Gasteiger partial charge in [-0.2, -0.15) is 5.10 Å². The standard InChI is InChI=1S/C14H19N3O/c1-17-13(8-10-16-17)5-7-14(18)6-4-12-3-2-9-15-11-12/h2-3,8-11,14,18H,4-7H2,1H3. The maximum absolute atomic E-state index is 9.95. The highest BCUT2D eigenvalue weighted by Crippen LogP contribution is 2.09. The zero-order valence-corrected chi connectivity index (χ0v) is 10.7. The Bertz CT molecular complexity index is 467. The zero-order valence-electron chi connectivity index (χ0n) is 10.7. The van der Waals surface area contributed by atoms with E-state index in [1.807, 2.05) is 36.1 Å². The number of hydrogen-bond donors (Lipinski definition) is 1. The van der Waals surface area contributed by atoms with Gasteiger partial charge in [-0.05, 0) is 43.4 Å². The summed E-state index contributed by atoms with van der Waals surface area (Å²) in [4.78, 5) is 4.07. The molecular formula is C14H19N3O. The van der Waals surface area contributed by atoms with Crippen LogP contribution >= 0.6 is 0 Å². The molecular weight excluding hydrogens is 226 g/mol. The normalized spacial score (nSPS) is 12.6. The number of rotatable bonds is 6. The van der Waals surface area contributed by atoms with E-state index in [0.717, 1.165) is 31.4 Å². The molecule has 0 aliphatic carbocycles. The van der Waals surface area contributed by atoms with Gasteiger partial charge in [0, 0.05) is 31.3 Å². The topological polar surface area (TPSA) is 50.9 Å². The first-order valence-corrected chi connectivity index (χ1v) is 6.29. The SMILES string of the molecule is Cn1nccc1CCC(O)CCc1cccnc1.